The zero-order valence-corrected chi connectivity index (χ0v) is 22.0. The van der Waals surface area contributed by atoms with Gasteiger partial charge < -0.3 is 18.6 Å². The van der Waals surface area contributed by atoms with Crippen LogP contribution in [0.2, 0.25) is 0 Å². The van der Waals surface area contributed by atoms with Crippen LogP contribution >= 0.6 is 0 Å². The fourth-order valence-electron chi connectivity index (χ4n) is 4.05. The molecule has 0 radical (unpaired) electrons. The van der Waals surface area contributed by atoms with Gasteiger partial charge in [-0.25, -0.2) is 4.55 Å². The first-order valence-corrected chi connectivity index (χ1v) is 13.8. The largest absolute Gasteiger partial charge is 0.515 e. The van der Waals surface area contributed by atoms with E-state index in [0.29, 0.717) is 37.3 Å². The minimum absolute atomic E-state index is 0.0278. The zero-order valence-electron chi connectivity index (χ0n) is 20.3. The molecule has 1 aliphatic heterocycles. The number of fused-ring (bicyclic) bond motifs is 2. The van der Waals surface area contributed by atoms with Crippen molar-refractivity contribution in [2.45, 2.75) is 26.7 Å². The van der Waals surface area contributed by atoms with Gasteiger partial charge in [-0.1, -0.05) is 13.8 Å². The van der Waals surface area contributed by atoms with Gasteiger partial charge in [0.2, 0.25) is 11.5 Å². The molecule has 0 unspecified atom stereocenters. The van der Waals surface area contributed by atoms with Crippen LogP contribution in [-0.4, -0.2) is 40.2 Å². The molecule has 1 aromatic heterocycles. The van der Waals surface area contributed by atoms with E-state index in [1.165, 1.54) is 44.6 Å². The van der Waals surface area contributed by atoms with Crippen LogP contribution in [0.1, 0.15) is 31.7 Å². The first-order valence-electron chi connectivity index (χ1n) is 11.0. The van der Waals surface area contributed by atoms with Gasteiger partial charge in [-0.05, 0) is 46.7 Å². The molecule has 0 saturated heterocycles. The molecule has 37 heavy (non-hydrogen) atoms. The summed E-state index contributed by atoms with van der Waals surface area (Å²) in [5, 5.41) is 0. The molecule has 2 aromatic carbocycles. The van der Waals surface area contributed by atoms with Crippen molar-refractivity contribution < 1.29 is 48.5 Å². The molecule has 0 spiro atoms. The van der Waals surface area contributed by atoms with Crippen LogP contribution in [-0.2, 0) is 27.0 Å². The number of methoxy groups -OCH3 is 2. The van der Waals surface area contributed by atoms with E-state index in [1.54, 1.807) is 26.0 Å². The molecule has 3 aromatic rings. The Balaban J connectivity index is 1.92. The topological polar surface area (TPSA) is 157 Å². The lowest BCUT2D eigenvalue weighted by Crippen LogP contribution is -2.44. The van der Waals surface area contributed by atoms with E-state index in [2.05, 4.69) is 0 Å². The third-order valence-electron chi connectivity index (χ3n) is 5.68. The highest BCUT2D eigenvalue weighted by molar-refractivity contribution is 7.87. The van der Waals surface area contributed by atoms with Crippen LogP contribution < -0.4 is 22.5 Å². The first kappa shape index (κ1) is 26.5. The number of nitrogens with zero attached hydrogens (tertiary/aromatic N) is 2. The maximum absolute atomic E-state index is 12.4. The van der Waals surface area contributed by atoms with Crippen LogP contribution in [0.3, 0.4) is 0 Å². The third kappa shape index (κ3) is 4.87. The molecular weight excluding hydrogens is 528 g/mol. The van der Waals surface area contributed by atoms with Crippen molar-refractivity contribution in [1.29, 1.82) is 0 Å². The van der Waals surface area contributed by atoms with Crippen LogP contribution in [0.5, 0.6) is 17.2 Å². The molecule has 0 amide bonds. The summed E-state index contributed by atoms with van der Waals surface area (Å²) in [6, 6.07) is 7.55. The molecule has 1 aliphatic rings. The SMILES string of the molecule is CCC(=Cc1oc2ccc(OC)c(CC)c2[n+]1S(=O)(=O)O)C=C1Oc2ccc(OC)cc2N1S(=O)(=O)O. The fourth-order valence-corrected chi connectivity index (χ4v) is 5.50. The van der Waals surface area contributed by atoms with Gasteiger partial charge in [-0.2, -0.15) is 12.7 Å². The Morgan fingerprint density at radius 2 is 1.81 bits per heavy atom. The first-order chi connectivity index (χ1) is 17.4. The Morgan fingerprint density at radius 1 is 1.08 bits per heavy atom. The average molecular weight is 554 g/mol. The second kappa shape index (κ2) is 9.70. The maximum Gasteiger partial charge on any atom is 0.515 e. The van der Waals surface area contributed by atoms with Gasteiger partial charge in [0.05, 0.1) is 25.9 Å². The van der Waals surface area contributed by atoms with Crippen molar-refractivity contribution in [2.75, 3.05) is 18.5 Å². The number of rotatable bonds is 8. The number of hydrogen-bond donors (Lipinski definition) is 2. The van der Waals surface area contributed by atoms with E-state index in [4.69, 9.17) is 18.6 Å². The molecule has 2 heterocycles. The minimum Gasteiger partial charge on any atom is -0.497 e. The summed E-state index contributed by atoms with van der Waals surface area (Å²) >= 11 is 0. The Hall–Kier alpha value is -3.59. The Bertz CT molecular complexity index is 1650. The molecule has 0 fully saturated rings. The highest BCUT2D eigenvalue weighted by atomic mass is 32.2. The van der Waals surface area contributed by atoms with Gasteiger partial charge in [-0.3, -0.25) is 4.55 Å². The highest BCUT2D eigenvalue weighted by Gasteiger charge is 2.37. The molecule has 0 aliphatic carbocycles. The lowest BCUT2D eigenvalue weighted by molar-refractivity contribution is -0.499. The standard InChI is InChI=1S/C23H24N2O10S2/c1-5-14(11-21-24(36(26,27)28)17-13-15(32-3)7-8-19(17)34-21)12-22-25(37(29,30)31)23-16(6-2)18(33-4)9-10-20(23)35-22/h7-13H,5-6H2,1-4H3,(H-,26,27,28,29,30,31)/p+1. The van der Waals surface area contributed by atoms with Gasteiger partial charge in [0.1, 0.15) is 17.2 Å². The molecule has 198 valence electrons. The predicted octanol–water partition coefficient (Wildman–Crippen LogP) is 3.29. The van der Waals surface area contributed by atoms with E-state index in [0.717, 1.165) is 0 Å². The number of anilines is 1. The summed E-state index contributed by atoms with van der Waals surface area (Å²) in [6.45, 7) is 3.52. The van der Waals surface area contributed by atoms with E-state index >= 15 is 0 Å². The van der Waals surface area contributed by atoms with Crippen molar-refractivity contribution in [2.24, 2.45) is 0 Å². The summed E-state index contributed by atoms with van der Waals surface area (Å²) in [5.41, 5.74) is 1.17. The van der Waals surface area contributed by atoms with Crippen molar-refractivity contribution in [3.63, 3.8) is 0 Å². The maximum atomic E-state index is 12.4. The molecule has 14 heteroatoms. The number of hydrogen-bond acceptors (Lipinski definition) is 8. The summed E-state index contributed by atoms with van der Waals surface area (Å²) in [7, 11) is -6.79. The summed E-state index contributed by atoms with van der Waals surface area (Å²) < 4.78 is 92.4. The number of allylic oxidation sites excluding steroid dienone is 2. The Labute approximate surface area is 213 Å². The number of benzene rings is 2. The van der Waals surface area contributed by atoms with Gasteiger partial charge in [0.15, 0.2) is 5.75 Å². The Kier molecular flexibility index (Phi) is 6.94. The molecule has 2 N–H and O–H groups in total. The normalized spacial score (nSPS) is 15.2. The van der Waals surface area contributed by atoms with E-state index < -0.39 is 20.6 Å². The van der Waals surface area contributed by atoms with Crippen molar-refractivity contribution in [1.82, 2.24) is 0 Å². The molecule has 0 bridgehead atoms. The Morgan fingerprint density at radius 3 is 2.38 bits per heavy atom. The monoisotopic (exact) mass is 553 g/mol. The predicted molar refractivity (Wildman–Crippen MR) is 133 cm³/mol. The van der Waals surface area contributed by atoms with Crippen LogP contribution in [0.25, 0.3) is 17.2 Å². The van der Waals surface area contributed by atoms with Gasteiger partial charge >= 0.3 is 26.5 Å². The van der Waals surface area contributed by atoms with Crippen LogP contribution in [0.4, 0.5) is 5.69 Å². The minimum atomic E-state index is -4.83. The molecule has 4 rings (SSSR count). The lowest BCUT2D eigenvalue weighted by Gasteiger charge is -2.14. The van der Waals surface area contributed by atoms with E-state index in [1.807, 2.05) is 0 Å². The zero-order chi connectivity index (χ0) is 27.1. The van der Waals surface area contributed by atoms with E-state index in [9.17, 15) is 25.9 Å². The van der Waals surface area contributed by atoms with Crippen LogP contribution in [0, 0.1) is 0 Å². The van der Waals surface area contributed by atoms with Crippen molar-refractivity contribution in [3.05, 3.63) is 59.3 Å². The number of aryl methyl sites for hydroxylation is 1. The molecule has 0 atom stereocenters. The summed E-state index contributed by atoms with van der Waals surface area (Å²) in [5.74, 6) is 0.394. The molecule has 0 saturated carbocycles. The number of aromatic nitrogens is 1. The highest BCUT2D eigenvalue weighted by Crippen LogP contribution is 2.43. The smallest absolute Gasteiger partial charge is 0.497 e. The van der Waals surface area contributed by atoms with E-state index in [-0.39, 0.29) is 40.7 Å². The number of oxazole rings is 1. The average Bonchev–Trinajstić information content (AvgIpc) is 3.39. The quantitative estimate of drug-likeness (QED) is 0.313. The molecular formula is C23H25N2O10S2+. The van der Waals surface area contributed by atoms with Gasteiger partial charge in [0.25, 0.3) is 5.52 Å². The number of ether oxygens (including phenoxy) is 3. The second-order valence-electron chi connectivity index (χ2n) is 7.86. The van der Waals surface area contributed by atoms with Crippen LogP contribution in [0.15, 0.2) is 52.3 Å². The third-order valence-corrected chi connectivity index (χ3v) is 7.34. The van der Waals surface area contributed by atoms with Crippen molar-refractivity contribution in [3.8, 4) is 17.2 Å². The van der Waals surface area contributed by atoms with Gasteiger partial charge in [0, 0.05) is 12.1 Å². The fraction of sp³-hybridized carbons (Fsp3) is 0.261. The lowest BCUT2D eigenvalue weighted by atomic mass is 10.1. The molecule has 12 nitrogen and oxygen atoms in total. The van der Waals surface area contributed by atoms with Crippen molar-refractivity contribution >= 4 is 43.5 Å². The van der Waals surface area contributed by atoms with Gasteiger partial charge in [-0.15, -0.1) is 8.42 Å². The summed E-state index contributed by atoms with van der Waals surface area (Å²) in [4.78, 5) is 0. The summed E-state index contributed by atoms with van der Waals surface area (Å²) in [6.07, 6.45) is 3.27. The second-order valence-corrected chi connectivity index (χ2v) is 10.4.